The van der Waals surface area contributed by atoms with E-state index in [1.54, 1.807) is 0 Å². The summed E-state index contributed by atoms with van der Waals surface area (Å²) in [7, 11) is -19.6. The van der Waals surface area contributed by atoms with Crippen molar-refractivity contribution in [2.45, 2.75) is 19.6 Å². The van der Waals surface area contributed by atoms with Crippen LogP contribution in [0, 0.1) is 0 Å². The summed E-state index contributed by atoms with van der Waals surface area (Å²) in [6, 6.07) is 9.27. The number of aliphatic hydroxyl groups is 1. The molecule has 4 rings (SSSR count). The normalized spacial score (nSPS) is 12.4. The van der Waals surface area contributed by atoms with Crippen molar-refractivity contribution in [3.8, 4) is 5.75 Å². The minimum Gasteiger partial charge on any atom is -0.871 e. The van der Waals surface area contributed by atoms with Crippen LogP contribution in [0.25, 0.3) is 10.8 Å². The van der Waals surface area contributed by atoms with Gasteiger partial charge in [-0.3, -0.25) is 4.55 Å². The Balaban J connectivity index is 0.00000400. The molecule has 244 valence electrons. The Bertz CT molecular complexity index is 2390. The molecule has 4 aromatic rings. The van der Waals surface area contributed by atoms with Crippen LogP contribution in [0.1, 0.15) is 0 Å². The third-order valence-corrected chi connectivity index (χ3v) is 10.4. The molecule has 18 nitrogen and oxygen atoms in total. The molecule has 0 aliphatic carbocycles. The molecule has 0 fully saturated rings. The van der Waals surface area contributed by atoms with Crippen LogP contribution in [0.3, 0.4) is 0 Å². The van der Waals surface area contributed by atoms with Gasteiger partial charge in [0, 0.05) is 5.39 Å². The number of azo groups is 2. The predicted molar refractivity (Wildman–Crippen MR) is 154 cm³/mol. The van der Waals surface area contributed by atoms with E-state index < -0.39 is 84.4 Å². The second-order valence-electron chi connectivity index (χ2n) is 9.10. The van der Waals surface area contributed by atoms with Crippen LogP contribution in [-0.2, 0) is 40.2 Å². The number of nitrogens with two attached hydrogens (primary N) is 1. The number of fused-ring (bicyclic) bond motifs is 1. The molecule has 49 heavy (non-hydrogen) atoms. The first-order valence-electron chi connectivity index (χ1n) is 12.1. The van der Waals surface area contributed by atoms with Crippen molar-refractivity contribution in [3.05, 3.63) is 60.7 Å². The van der Waals surface area contributed by atoms with Gasteiger partial charge in [-0.2, -0.15) is 13.5 Å². The summed E-state index contributed by atoms with van der Waals surface area (Å²) in [4.78, 5) is -3.49. The Morgan fingerprint density at radius 3 is 1.76 bits per heavy atom. The number of sulfone groups is 1. The molecule has 0 saturated heterocycles. The van der Waals surface area contributed by atoms with E-state index in [9.17, 15) is 52.4 Å². The monoisotopic (exact) mass is 781 g/mol. The number of rotatable bonds is 10. The second-order valence-corrected chi connectivity index (χ2v) is 15.3. The van der Waals surface area contributed by atoms with Crippen LogP contribution in [-0.4, -0.2) is 64.8 Å². The Morgan fingerprint density at radius 2 is 1.22 bits per heavy atom. The molecule has 25 heteroatoms. The maximum absolute atomic E-state index is 13.4. The molecule has 0 spiro atoms. The standard InChI is InChI=1S/C24H21N5O13S4.3Na/c25-18-7-6-16-17(22(18)28-26-13-1-3-14(4-2-13)43(32,33)10-9-30)12-21(46(40,41)42)23(24(16)31)29-27-19-11-15(44(34,35)36)5-8-20(19)45(37,38)39;;;/h1-8,11-12,30-31H,9-10,25H2,(H,34,35,36)(H,37,38,39)(H,40,41,42);;;/q;3*+1/p-3. The van der Waals surface area contributed by atoms with Gasteiger partial charge < -0.3 is 25.1 Å². The number of aliphatic hydroxyl groups excluding tert-OH is 1. The number of hydrogen-bond donors (Lipinski definition) is 3. The second kappa shape index (κ2) is 17.4. The van der Waals surface area contributed by atoms with Gasteiger partial charge in [-0.15, -0.1) is 15.3 Å². The summed E-state index contributed by atoms with van der Waals surface area (Å²) < 4.78 is 128. The van der Waals surface area contributed by atoms with Gasteiger partial charge >= 0.3 is 88.7 Å². The van der Waals surface area contributed by atoms with Gasteiger partial charge in [0.25, 0.3) is 10.1 Å². The molecule has 0 aliphatic heterocycles. The van der Waals surface area contributed by atoms with Gasteiger partial charge in [-0.1, -0.05) is 11.8 Å². The summed E-state index contributed by atoms with van der Waals surface area (Å²) in [6.45, 7) is -0.595. The fourth-order valence-corrected chi connectivity index (χ4v) is 6.68. The van der Waals surface area contributed by atoms with Crippen molar-refractivity contribution in [2.24, 2.45) is 20.5 Å². The van der Waals surface area contributed by atoms with Gasteiger partial charge in [0.2, 0.25) is 0 Å². The minimum atomic E-state index is -5.36. The minimum absolute atomic E-state index is 0. The van der Waals surface area contributed by atoms with Crippen LogP contribution < -0.4 is 99.5 Å². The topological polar surface area (TPSA) is 322 Å². The molecule has 0 atom stereocenters. The van der Waals surface area contributed by atoms with Crippen LogP contribution in [0.4, 0.5) is 28.4 Å². The Labute approximate surface area is 346 Å². The molecule has 0 heterocycles. The molecule has 4 N–H and O–H groups in total. The molecular formula is C24H18N5Na3O13S4. The van der Waals surface area contributed by atoms with Gasteiger partial charge in [0.15, 0.2) is 9.84 Å². The molecule has 0 amide bonds. The Morgan fingerprint density at radius 1 is 0.653 bits per heavy atom. The van der Waals surface area contributed by atoms with E-state index in [4.69, 9.17) is 10.8 Å². The van der Waals surface area contributed by atoms with E-state index in [-0.39, 0.29) is 121 Å². The zero-order valence-corrected chi connectivity index (χ0v) is 34.8. The van der Waals surface area contributed by atoms with E-state index in [1.165, 1.54) is 30.3 Å². The molecule has 4 aromatic carbocycles. The summed E-state index contributed by atoms with van der Waals surface area (Å²) in [5, 5.41) is 36.4. The number of nitrogens with zero attached hydrogens (tertiary/aromatic N) is 4. The summed E-state index contributed by atoms with van der Waals surface area (Å²) >= 11 is 0. The van der Waals surface area contributed by atoms with E-state index in [2.05, 4.69) is 20.5 Å². The molecule has 0 aliphatic rings. The predicted octanol–water partition coefficient (Wildman–Crippen LogP) is -6.84. The Hall–Kier alpha value is -1.42. The van der Waals surface area contributed by atoms with Gasteiger partial charge in [0.1, 0.15) is 36.5 Å². The average Bonchev–Trinajstić information content (AvgIpc) is 2.94. The molecule has 0 radical (unpaired) electrons. The fraction of sp³-hybridized carbons (Fsp3) is 0.0833. The smallest absolute Gasteiger partial charge is 0.871 e. The summed E-state index contributed by atoms with van der Waals surface area (Å²) in [6.07, 6.45) is 0. The maximum Gasteiger partial charge on any atom is 1.00 e. The van der Waals surface area contributed by atoms with Crippen LogP contribution in [0.2, 0.25) is 0 Å². The summed E-state index contributed by atoms with van der Waals surface area (Å²) in [5.74, 6) is -1.74. The molecule has 0 aromatic heterocycles. The number of anilines is 1. The average molecular weight is 782 g/mol. The van der Waals surface area contributed by atoms with Crippen molar-refractivity contribution in [1.82, 2.24) is 0 Å². The third-order valence-electron chi connectivity index (χ3n) is 6.06. The van der Waals surface area contributed by atoms with Crippen molar-refractivity contribution < 1.29 is 146 Å². The van der Waals surface area contributed by atoms with Crippen LogP contribution in [0.15, 0.2) is 101 Å². The number of nitrogen functional groups attached to an aromatic ring is 1. The van der Waals surface area contributed by atoms with Crippen molar-refractivity contribution in [1.29, 1.82) is 0 Å². The van der Waals surface area contributed by atoms with Gasteiger partial charge in [0.05, 0.1) is 44.1 Å². The third kappa shape index (κ3) is 10.8. The fourth-order valence-electron chi connectivity index (χ4n) is 3.92. The first-order chi connectivity index (χ1) is 21.2. The first kappa shape index (κ1) is 45.6. The van der Waals surface area contributed by atoms with Crippen molar-refractivity contribution in [2.75, 3.05) is 18.1 Å². The van der Waals surface area contributed by atoms with E-state index in [0.717, 1.165) is 12.1 Å². The largest absolute Gasteiger partial charge is 1.00 e. The van der Waals surface area contributed by atoms with E-state index in [0.29, 0.717) is 18.2 Å². The zero-order valence-electron chi connectivity index (χ0n) is 25.6. The van der Waals surface area contributed by atoms with Crippen LogP contribution in [0.5, 0.6) is 5.75 Å². The number of benzene rings is 4. The van der Waals surface area contributed by atoms with Crippen molar-refractivity contribution >= 4 is 79.4 Å². The molecule has 0 saturated carbocycles. The SMILES string of the molecule is Nc1ccc2c([O-])c(N=Nc3cc(S(=O)(=O)[O-])ccc3S(=O)(=O)[O-])c(S(=O)(=O)O)cc2c1N=Nc1ccc(S(=O)(=O)CCO)cc1.[Na+].[Na+].[Na+]. The Kier molecular flexibility index (Phi) is 16.2. The first-order valence-corrected chi connectivity index (χ1v) is 18.0. The molecule has 0 bridgehead atoms. The van der Waals surface area contributed by atoms with E-state index >= 15 is 0 Å². The quantitative estimate of drug-likeness (QED) is 0.0583. The maximum atomic E-state index is 13.4. The van der Waals surface area contributed by atoms with Crippen LogP contribution >= 0.6 is 0 Å². The zero-order chi connectivity index (χ0) is 34.2. The molecule has 0 unspecified atom stereocenters. The summed E-state index contributed by atoms with van der Waals surface area (Å²) in [5.41, 5.74) is 3.53. The number of hydrogen-bond acceptors (Lipinski definition) is 17. The van der Waals surface area contributed by atoms with Gasteiger partial charge in [-0.25, -0.2) is 25.3 Å². The molecular weight excluding hydrogens is 764 g/mol. The van der Waals surface area contributed by atoms with Gasteiger partial charge in [-0.05, 0) is 60.0 Å². The van der Waals surface area contributed by atoms with Crippen molar-refractivity contribution in [3.63, 3.8) is 0 Å². The van der Waals surface area contributed by atoms with E-state index in [1.807, 2.05) is 0 Å².